The third-order valence-electron chi connectivity index (χ3n) is 3.70. The van der Waals surface area contributed by atoms with Crippen LogP contribution in [0.2, 0.25) is 0 Å². The number of nitrogens with one attached hydrogen (secondary N) is 1. The highest BCUT2D eigenvalue weighted by atomic mass is 32.2. The Balaban J connectivity index is 2.04. The largest absolute Gasteiger partial charge is 0.353 e. The molecule has 0 spiro atoms. The lowest BCUT2D eigenvalue weighted by atomic mass is 10.1. The molecule has 1 N–H and O–H groups in total. The van der Waals surface area contributed by atoms with E-state index in [1.807, 2.05) is 0 Å². The Kier molecular flexibility index (Phi) is 4.14. The Morgan fingerprint density at radius 1 is 1.04 bits per heavy atom. The Labute approximate surface area is 133 Å². The number of hydrogen-bond acceptors (Lipinski definition) is 3. The van der Waals surface area contributed by atoms with Crippen LogP contribution in [0.3, 0.4) is 0 Å². The molecule has 3 rings (SSSR count). The fraction of sp³-hybridized carbons (Fsp3) is 0.188. The molecule has 1 unspecified atom stereocenters. The summed E-state index contributed by atoms with van der Waals surface area (Å²) in [5.74, 6) is -0.881. The van der Waals surface area contributed by atoms with Gasteiger partial charge in [-0.05, 0) is 29.8 Å². The summed E-state index contributed by atoms with van der Waals surface area (Å²) in [6.45, 7) is 0.396. The number of rotatable bonds is 3. The van der Waals surface area contributed by atoms with Crippen LogP contribution >= 0.6 is 0 Å². The first-order valence-corrected chi connectivity index (χ1v) is 8.54. The number of carbonyl (C=O) groups is 1. The van der Waals surface area contributed by atoms with Gasteiger partial charge in [0.25, 0.3) is 0 Å². The molecule has 0 aromatic heterocycles. The summed E-state index contributed by atoms with van der Waals surface area (Å²) in [6, 6.07) is 12.4. The molecule has 0 aliphatic carbocycles. The molecule has 7 heteroatoms. The van der Waals surface area contributed by atoms with Crippen LogP contribution in [0, 0.1) is 5.82 Å². The van der Waals surface area contributed by atoms with Gasteiger partial charge in [0.15, 0.2) is 0 Å². The number of piperazine rings is 1. The lowest BCUT2D eigenvalue weighted by Crippen LogP contribution is -2.52. The van der Waals surface area contributed by atoms with Gasteiger partial charge in [-0.2, -0.15) is 4.31 Å². The minimum atomic E-state index is -3.90. The third-order valence-corrected chi connectivity index (χ3v) is 5.58. The Hall–Kier alpha value is -2.25. The van der Waals surface area contributed by atoms with Crippen LogP contribution in [-0.2, 0) is 14.8 Å². The van der Waals surface area contributed by atoms with Crippen LogP contribution < -0.4 is 5.32 Å². The molecule has 23 heavy (non-hydrogen) atoms. The predicted molar refractivity (Wildman–Crippen MR) is 82.5 cm³/mol. The fourth-order valence-corrected chi connectivity index (χ4v) is 4.18. The van der Waals surface area contributed by atoms with E-state index in [2.05, 4.69) is 5.32 Å². The second-order valence-corrected chi connectivity index (χ2v) is 7.06. The number of carbonyl (C=O) groups excluding carboxylic acids is 1. The summed E-state index contributed by atoms with van der Waals surface area (Å²) >= 11 is 0. The fourth-order valence-electron chi connectivity index (χ4n) is 2.60. The first kappa shape index (κ1) is 15.6. The van der Waals surface area contributed by atoms with E-state index in [1.54, 1.807) is 30.3 Å². The van der Waals surface area contributed by atoms with Crippen LogP contribution in [0.5, 0.6) is 0 Å². The molecule has 5 nitrogen and oxygen atoms in total. The summed E-state index contributed by atoms with van der Waals surface area (Å²) in [4.78, 5) is 12.2. The van der Waals surface area contributed by atoms with Gasteiger partial charge in [0.05, 0.1) is 4.90 Å². The van der Waals surface area contributed by atoms with Gasteiger partial charge in [-0.25, -0.2) is 12.8 Å². The molecule has 0 radical (unpaired) electrons. The van der Waals surface area contributed by atoms with Gasteiger partial charge in [0.2, 0.25) is 15.9 Å². The van der Waals surface area contributed by atoms with Gasteiger partial charge >= 0.3 is 0 Å². The average molecular weight is 334 g/mol. The van der Waals surface area contributed by atoms with Gasteiger partial charge in [-0.15, -0.1) is 0 Å². The molecular weight excluding hydrogens is 319 g/mol. The predicted octanol–water partition coefficient (Wildman–Crippen LogP) is 1.69. The number of nitrogens with zero attached hydrogens (tertiary/aromatic N) is 1. The Morgan fingerprint density at radius 2 is 1.70 bits per heavy atom. The Morgan fingerprint density at radius 3 is 2.35 bits per heavy atom. The molecule has 2 aromatic rings. The number of benzene rings is 2. The van der Waals surface area contributed by atoms with Crippen LogP contribution in [0.4, 0.5) is 4.39 Å². The van der Waals surface area contributed by atoms with Gasteiger partial charge in [0.1, 0.15) is 11.9 Å². The maximum absolute atomic E-state index is 13.0. The van der Waals surface area contributed by atoms with E-state index in [0.717, 1.165) is 16.4 Å². The average Bonchev–Trinajstić information content (AvgIpc) is 2.56. The minimum Gasteiger partial charge on any atom is -0.353 e. The highest BCUT2D eigenvalue weighted by molar-refractivity contribution is 7.89. The first-order valence-electron chi connectivity index (χ1n) is 7.10. The Bertz CT molecular complexity index is 807. The highest BCUT2D eigenvalue weighted by Gasteiger charge is 2.39. The first-order chi connectivity index (χ1) is 11.0. The molecule has 120 valence electrons. The summed E-state index contributed by atoms with van der Waals surface area (Å²) in [5.41, 5.74) is 0.593. The van der Waals surface area contributed by atoms with Crippen molar-refractivity contribution in [1.82, 2.24) is 9.62 Å². The highest BCUT2D eigenvalue weighted by Crippen LogP contribution is 2.29. The lowest BCUT2D eigenvalue weighted by Gasteiger charge is -2.34. The molecule has 0 bridgehead atoms. The minimum absolute atomic E-state index is 0.0328. The standard InChI is InChI=1S/C16H15FN2O3S/c17-13-6-8-14(9-7-13)23(21,22)19-11-10-18-16(20)15(19)12-4-2-1-3-5-12/h1-9,15H,10-11H2,(H,18,20). The van der Waals surface area contributed by atoms with Crippen LogP contribution in [0.25, 0.3) is 0 Å². The van der Waals surface area contributed by atoms with Crippen molar-refractivity contribution in [3.63, 3.8) is 0 Å². The molecule has 2 aromatic carbocycles. The molecule has 1 aliphatic rings. The van der Waals surface area contributed by atoms with E-state index >= 15 is 0 Å². The molecular formula is C16H15FN2O3S. The summed E-state index contributed by atoms with van der Waals surface area (Å²) in [7, 11) is -3.90. The van der Waals surface area contributed by atoms with Crippen molar-refractivity contribution < 1.29 is 17.6 Å². The van der Waals surface area contributed by atoms with Crippen molar-refractivity contribution in [3.05, 3.63) is 66.0 Å². The summed E-state index contributed by atoms with van der Waals surface area (Å²) < 4.78 is 39.9. The zero-order valence-electron chi connectivity index (χ0n) is 12.1. The van der Waals surface area contributed by atoms with Crippen molar-refractivity contribution >= 4 is 15.9 Å². The lowest BCUT2D eigenvalue weighted by molar-refractivity contribution is -0.126. The third kappa shape index (κ3) is 2.97. The molecule has 1 aliphatic heterocycles. The van der Waals surface area contributed by atoms with Crippen molar-refractivity contribution in [3.8, 4) is 0 Å². The van der Waals surface area contributed by atoms with Gasteiger partial charge in [-0.1, -0.05) is 30.3 Å². The molecule has 1 heterocycles. The topological polar surface area (TPSA) is 66.5 Å². The quantitative estimate of drug-likeness (QED) is 0.929. The van der Waals surface area contributed by atoms with E-state index in [1.165, 1.54) is 12.1 Å². The number of halogens is 1. The van der Waals surface area contributed by atoms with Gasteiger partial charge < -0.3 is 5.32 Å². The summed E-state index contributed by atoms with van der Waals surface area (Å²) in [5, 5.41) is 2.69. The SMILES string of the molecule is O=C1NCCN(S(=O)(=O)c2ccc(F)cc2)C1c1ccccc1. The van der Waals surface area contributed by atoms with Crippen LogP contribution in [0.1, 0.15) is 11.6 Å². The van der Waals surface area contributed by atoms with Gasteiger partial charge in [-0.3, -0.25) is 4.79 Å². The smallest absolute Gasteiger partial charge is 0.244 e. The van der Waals surface area contributed by atoms with E-state index < -0.39 is 21.9 Å². The zero-order valence-corrected chi connectivity index (χ0v) is 13.0. The molecule has 1 amide bonds. The van der Waals surface area contributed by atoms with Crippen LogP contribution in [-0.4, -0.2) is 31.7 Å². The van der Waals surface area contributed by atoms with E-state index in [4.69, 9.17) is 0 Å². The van der Waals surface area contributed by atoms with Crippen molar-refractivity contribution in [2.75, 3.05) is 13.1 Å². The molecule has 1 saturated heterocycles. The second-order valence-electron chi connectivity index (χ2n) is 5.17. The van der Waals surface area contributed by atoms with Crippen molar-refractivity contribution in [2.24, 2.45) is 0 Å². The summed E-state index contributed by atoms with van der Waals surface area (Å²) in [6.07, 6.45) is 0. The molecule has 1 atom stereocenters. The maximum Gasteiger partial charge on any atom is 0.244 e. The van der Waals surface area contributed by atoms with Crippen molar-refractivity contribution in [1.29, 1.82) is 0 Å². The molecule has 0 saturated carbocycles. The van der Waals surface area contributed by atoms with Gasteiger partial charge in [0, 0.05) is 13.1 Å². The number of sulfonamides is 1. The number of amides is 1. The zero-order chi connectivity index (χ0) is 16.4. The normalized spacial score (nSPS) is 19.3. The molecule has 1 fully saturated rings. The van der Waals surface area contributed by atoms with Crippen LogP contribution in [0.15, 0.2) is 59.5 Å². The van der Waals surface area contributed by atoms with E-state index in [0.29, 0.717) is 5.56 Å². The van der Waals surface area contributed by atoms with Crippen molar-refractivity contribution in [2.45, 2.75) is 10.9 Å². The maximum atomic E-state index is 13.0. The number of hydrogen-bond donors (Lipinski definition) is 1. The monoisotopic (exact) mass is 334 g/mol. The second kappa shape index (κ2) is 6.10. The van der Waals surface area contributed by atoms with E-state index in [9.17, 15) is 17.6 Å². The van der Waals surface area contributed by atoms with E-state index in [-0.39, 0.29) is 23.9 Å².